The number of fused-ring (bicyclic) bond motifs is 3. The summed E-state index contributed by atoms with van der Waals surface area (Å²) in [7, 11) is 0. The summed E-state index contributed by atoms with van der Waals surface area (Å²) in [5.41, 5.74) is 7.76. The molecule has 0 spiro atoms. The molecule has 3 aliphatic heterocycles. The van der Waals surface area contributed by atoms with Crippen LogP contribution >= 0.6 is 22.9 Å². The van der Waals surface area contributed by atoms with Crippen molar-refractivity contribution in [2.75, 3.05) is 42.2 Å². The molecule has 13 heteroatoms. The van der Waals surface area contributed by atoms with Gasteiger partial charge in [0.2, 0.25) is 0 Å². The Hall–Kier alpha value is -4.00. The van der Waals surface area contributed by atoms with Crippen molar-refractivity contribution < 1.29 is 9.13 Å². The lowest BCUT2D eigenvalue weighted by molar-refractivity contribution is 0.240. The lowest BCUT2D eigenvalue weighted by Gasteiger charge is -2.36. The molecule has 3 atom stereocenters. The molecule has 2 fully saturated rings. The average Bonchev–Trinajstić information content (AvgIpc) is 3.56. The Morgan fingerprint density at radius 2 is 2.02 bits per heavy atom. The summed E-state index contributed by atoms with van der Waals surface area (Å²) in [6.45, 7) is 2.08. The van der Waals surface area contributed by atoms with Crippen molar-refractivity contribution in [1.29, 1.82) is 0 Å². The third-order valence-electron chi connectivity index (χ3n) is 8.36. The molecule has 4 N–H and O–H groups in total. The Kier molecular flexibility index (Phi) is 5.99. The van der Waals surface area contributed by atoms with Gasteiger partial charge >= 0.3 is 5.69 Å². The number of hydrogen-bond donors (Lipinski definition) is 3. The highest BCUT2D eigenvalue weighted by Crippen LogP contribution is 2.48. The number of aromatic nitrogens is 4. The molecule has 0 radical (unpaired) electrons. The molecule has 8 rings (SSSR count). The number of piperazine rings is 1. The first kappa shape index (κ1) is 25.7. The molecular formula is C29H26ClFN8O2S. The number of hydrogen-bond acceptors (Lipinski definition) is 10. The second-order valence-corrected chi connectivity index (χ2v) is 12.4. The van der Waals surface area contributed by atoms with E-state index in [1.54, 1.807) is 16.8 Å². The number of nitrogens with two attached hydrogens (primary N) is 1. The second kappa shape index (κ2) is 9.79. The van der Waals surface area contributed by atoms with Crippen molar-refractivity contribution in [2.45, 2.75) is 31.0 Å². The fraction of sp³-hybridized carbons (Fsp3) is 0.310. The molecular weight excluding hydrogens is 579 g/mol. The van der Waals surface area contributed by atoms with E-state index in [0.29, 0.717) is 67.9 Å². The van der Waals surface area contributed by atoms with E-state index in [-0.39, 0.29) is 23.5 Å². The Morgan fingerprint density at radius 1 is 1.19 bits per heavy atom. The van der Waals surface area contributed by atoms with E-state index in [2.05, 4.69) is 30.5 Å². The van der Waals surface area contributed by atoms with Crippen molar-refractivity contribution in [3.05, 3.63) is 63.9 Å². The van der Waals surface area contributed by atoms with E-state index >= 15 is 0 Å². The first-order chi connectivity index (χ1) is 20.4. The van der Waals surface area contributed by atoms with Gasteiger partial charge in [0.25, 0.3) is 0 Å². The summed E-state index contributed by atoms with van der Waals surface area (Å²) in [5.74, 6) is 1.33. The molecule has 214 valence electrons. The number of pyridine rings is 1. The zero-order chi connectivity index (χ0) is 28.5. The summed E-state index contributed by atoms with van der Waals surface area (Å²) in [4.78, 5) is 29.5. The summed E-state index contributed by atoms with van der Waals surface area (Å²) in [5, 5.41) is 8.34. The Bertz CT molecular complexity index is 1920. The van der Waals surface area contributed by atoms with Gasteiger partial charge in [-0.1, -0.05) is 29.0 Å². The normalized spacial score (nSPS) is 21.2. The van der Waals surface area contributed by atoms with Crippen LogP contribution in [0.3, 0.4) is 0 Å². The number of nitrogens with zero attached hydrogens (tertiary/aromatic N) is 5. The molecule has 2 saturated heterocycles. The van der Waals surface area contributed by atoms with Crippen LogP contribution < -0.4 is 31.7 Å². The van der Waals surface area contributed by atoms with Crippen LogP contribution in [0.25, 0.3) is 32.2 Å². The number of ether oxygens (including phenoxy) is 1. The molecule has 0 saturated carbocycles. The molecule has 3 aliphatic rings. The fourth-order valence-corrected chi connectivity index (χ4v) is 7.62. The summed E-state index contributed by atoms with van der Waals surface area (Å²) in [6.07, 6.45) is 3.89. The number of halogens is 2. The van der Waals surface area contributed by atoms with Gasteiger partial charge in [-0.15, -0.1) is 0 Å². The van der Waals surface area contributed by atoms with Gasteiger partial charge < -0.3 is 26.0 Å². The predicted molar refractivity (Wildman–Crippen MR) is 163 cm³/mol. The topological polar surface area (TPSA) is 123 Å². The SMILES string of the molecule is Nc1nc2c(-c3c(Cl)cc4c(N5CC6CCC(C5)N6)nc(=O)n5c4c3OC[C@@H]5CNc3ccccn3)ccc(F)c2s1. The minimum atomic E-state index is -0.410. The minimum Gasteiger partial charge on any atom is -0.488 e. The van der Waals surface area contributed by atoms with Crippen LogP contribution in [0.5, 0.6) is 5.75 Å². The standard InChI is InChI=1S/C29H26ClFN8O2S/c30-19-9-18-24-25(22(19)17-6-7-20(31)26-23(17)36-28(32)42-26)41-13-16(10-34-21-3-1-2-8-33-21)39(24)29(40)37-27(18)38-11-14-4-5-15(12-38)35-14/h1-3,6-9,14-16,35H,4-5,10-13H2,(H2,32,36)(H,33,34)/t14?,15?,16-/m0/s1. The van der Waals surface area contributed by atoms with E-state index < -0.39 is 5.82 Å². The van der Waals surface area contributed by atoms with Crippen molar-refractivity contribution in [1.82, 2.24) is 24.8 Å². The highest BCUT2D eigenvalue weighted by atomic mass is 35.5. The molecule has 2 unspecified atom stereocenters. The Labute approximate surface area is 248 Å². The van der Waals surface area contributed by atoms with Gasteiger partial charge in [0, 0.05) is 54.4 Å². The van der Waals surface area contributed by atoms with Crippen LogP contribution in [0.15, 0.2) is 47.4 Å². The Morgan fingerprint density at radius 3 is 2.81 bits per heavy atom. The highest BCUT2D eigenvalue weighted by molar-refractivity contribution is 7.22. The number of benzene rings is 2. The van der Waals surface area contributed by atoms with E-state index in [9.17, 15) is 9.18 Å². The van der Waals surface area contributed by atoms with Gasteiger partial charge in [0.15, 0.2) is 10.9 Å². The smallest absolute Gasteiger partial charge is 0.350 e. The van der Waals surface area contributed by atoms with Crippen LogP contribution in [0.4, 0.5) is 21.2 Å². The zero-order valence-corrected chi connectivity index (χ0v) is 23.9. The average molecular weight is 605 g/mol. The molecule has 5 aromatic rings. The van der Waals surface area contributed by atoms with Gasteiger partial charge in [0.05, 0.1) is 26.8 Å². The summed E-state index contributed by atoms with van der Waals surface area (Å²) in [6, 6.07) is 10.8. The van der Waals surface area contributed by atoms with Crippen molar-refractivity contribution in [3.63, 3.8) is 0 Å². The predicted octanol–water partition coefficient (Wildman–Crippen LogP) is 4.43. The first-order valence-corrected chi connectivity index (χ1v) is 15.1. The van der Waals surface area contributed by atoms with Gasteiger partial charge in [-0.05, 0) is 43.2 Å². The molecule has 10 nitrogen and oxygen atoms in total. The van der Waals surface area contributed by atoms with Crippen molar-refractivity contribution in [3.8, 4) is 16.9 Å². The van der Waals surface area contributed by atoms with Crippen LogP contribution in [0, 0.1) is 5.82 Å². The van der Waals surface area contributed by atoms with Gasteiger partial charge in [-0.25, -0.2) is 19.2 Å². The number of anilines is 3. The van der Waals surface area contributed by atoms with Crippen molar-refractivity contribution in [2.24, 2.45) is 0 Å². The third kappa shape index (κ3) is 4.08. The van der Waals surface area contributed by atoms with Crippen molar-refractivity contribution >= 4 is 60.8 Å². The van der Waals surface area contributed by atoms with Crippen LogP contribution in [0.2, 0.25) is 5.02 Å². The molecule has 42 heavy (non-hydrogen) atoms. The number of nitrogens with one attached hydrogen (secondary N) is 2. The largest absolute Gasteiger partial charge is 0.488 e. The molecule has 3 aromatic heterocycles. The third-order valence-corrected chi connectivity index (χ3v) is 9.55. The second-order valence-electron chi connectivity index (χ2n) is 11.0. The van der Waals surface area contributed by atoms with Crippen LogP contribution in [-0.4, -0.2) is 57.8 Å². The van der Waals surface area contributed by atoms with E-state index in [4.69, 9.17) is 22.1 Å². The number of thiazole rings is 1. The van der Waals surface area contributed by atoms with E-state index in [0.717, 1.165) is 42.7 Å². The summed E-state index contributed by atoms with van der Waals surface area (Å²) >= 11 is 8.13. The van der Waals surface area contributed by atoms with E-state index in [1.165, 1.54) is 6.07 Å². The molecule has 2 bridgehead atoms. The van der Waals surface area contributed by atoms with Gasteiger partial charge in [0.1, 0.15) is 24.1 Å². The molecule has 0 amide bonds. The molecule has 6 heterocycles. The fourth-order valence-electron chi connectivity index (χ4n) is 6.56. The summed E-state index contributed by atoms with van der Waals surface area (Å²) < 4.78 is 23.3. The molecule has 2 aromatic carbocycles. The maximum Gasteiger partial charge on any atom is 0.350 e. The maximum absolute atomic E-state index is 14.7. The number of nitrogen functional groups attached to an aromatic ring is 1. The first-order valence-electron chi connectivity index (χ1n) is 13.9. The highest BCUT2D eigenvalue weighted by Gasteiger charge is 2.36. The monoisotopic (exact) mass is 604 g/mol. The molecule has 0 aliphatic carbocycles. The van der Waals surface area contributed by atoms with E-state index in [1.807, 2.05) is 24.3 Å². The Balaban J connectivity index is 1.35. The maximum atomic E-state index is 14.7. The zero-order valence-electron chi connectivity index (χ0n) is 22.3. The van der Waals surface area contributed by atoms with Gasteiger partial charge in [-0.3, -0.25) is 4.57 Å². The van der Waals surface area contributed by atoms with Crippen LogP contribution in [0.1, 0.15) is 18.9 Å². The number of rotatable bonds is 5. The minimum absolute atomic E-state index is 0.192. The van der Waals surface area contributed by atoms with Gasteiger partial charge in [-0.2, -0.15) is 4.98 Å². The lowest BCUT2D eigenvalue weighted by Crippen LogP contribution is -2.52. The quantitative estimate of drug-likeness (QED) is 0.267. The lowest BCUT2D eigenvalue weighted by atomic mass is 9.99. The van der Waals surface area contributed by atoms with Crippen LogP contribution in [-0.2, 0) is 0 Å².